The van der Waals surface area contributed by atoms with Crippen LogP contribution in [-0.4, -0.2) is 35.1 Å². The van der Waals surface area contributed by atoms with Crippen molar-refractivity contribution in [2.24, 2.45) is 11.1 Å². The molecule has 7 nitrogen and oxygen atoms in total. The van der Waals surface area contributed by atoms with Gasteiger partial charge in [-0.25, -0.2) is 4.39 Å². The van der Waals surface area contributed by atoms with Crippen molar-refractivity contribution in [1.82, 2.24) is 5.32 Å². The van der Waals surface area contributed by atoms with E-state index < -0.39 is 29.2 Å². The number of carbonyl (C=O) groups excluding carboxylic acids is 2. The number of hydrogen-bond donors (Lipinski definition) is 4. The maximum absolute atomic E-state index is 14.8. The minimum absolute atomic E-state index is 0.0160. The highest BCUT2D eigenvalue weighted by Gasteiger charge is 2.53. The maximum atomic E-state index is 14.8. The first kappa shape index (κ1) is 24.6. The zero-order valence-corrected chi connectivity index (χ0v) is 19.6. The van der Waals surface area contributed by atoms with Gasteiger partial charge < -0.3 is 10.4 Å². The summed E-state index contributed by atoms with van der Waals surface area (Å²) in [5, 5.41) is 16.9. The molecule has 3 rings (SSSR count). The molecular weight excluding hydrogens is 445 g/mol. The van der Waals surface area contributed by atoms with Gasteiger partial charge in [-0.2, -0.15) is 0 Å². The molecule has 2 aromatic rings. The van der Waals surface area contributed by atoms with E-state index in [9.17, 15) is 18.8 Å². The van der Waals surface area contributed by atoms with E-state index >= 15 is 0 Å². The molecule has 1 aliphatic rings. The highest BCUT2D eigenvalue weighted by molar-refractivity contribution is 7.14. The second-order valence-corrected chi connectivity index (χ2v) is 9.74. The second kappa shape index (κ2) is 9.43. The number of amidine groups is 1. The molecule has 0 unspecified atom stereocenters. The number of carboxylic acids is 1. The summed E-state index contributed by atoms with van der Waals surface area (Å²) in [6.07, 6.45) is 2.56. The van der Waals surface area contributed by atoms with E-state index in [1.807, 2.05) is 19.9 Å². The number of amides is 1. The van der Waals surface area contributed by atoms with Crippen LogP contribution in [0.1, 0.15) is 65.2 Å². The molecule has 1 aliphatic carbocycles. The average Bonchev–Trinajstić information content (AvgIpc) is 3.46. The molecule has 33 heavy (non-hydrogen) atoms. The molecule has 1 saturated carbocycles. The summed E-state index contributed by atoms with van der Waals surface area (Å²) in [4.78, 5) is 38.3. The molecule has 1 heterocycles. The van der Waals surface area contributed by atoms with Gasteiger partial charge in [0, 0.05) is 10.4 Å². The molecule has 0 radical (unpaired) electrons. The molecule has 1 amide bonds. The topological polar surface area (TPSA) is 135 Å². The number of halogens is 1. The number of carboxylic acid groups (broad SMARTS) is 1. The van der Waals surface area contributed by atoms with Crippen LogP contribution in [0.15, 0.2) is 30.3 Å². The second-order valence-electron chi connectivity index (χ2n) is 8.57. The molecule has 6 N–H and O–H groups in total. The lowest BCUT2D eigenvalue weighted by Crippen LogP contribution is -2.46. The number of benzene rings is 1. The highest BCUT2D eigenvalue weighted by Crippen LogP contribution is 2.52. The smallest absolute Gasteiger partial charge is 0.322 e. The molecule has 1 aromatic heterocycles. The van der Waals surface area contributed by atoms with Gasteiger partial charge in [-0.05, 0) is 56.4 Å². The molecule has 176 valence electrons. The Bertz CT molecular complexity index is 1100. The molecule has 1 aromatic carbocycles. The van der Waals surface area contributed by atoms with Crippen LogP contribution in [0.5, 0.6) is 0 Å². The van der Waals surface area contributed by atoms with E-state index in [0.29, 0.717) is 48.1 Å². The van der Waals surface area contributed by atoms with Gasteiger partial charge in [-0.1, -0.05) is 19.9 Å². The van der Waals surface area contributed by atoms with Crippen LogP contribution in [0.4, 0.5) is 4.39 Å². The van der Waals surface area contributed by atoms with Gasteiger partial charge in [0.1, 0.15) is 12.4 Å². The van der Waals surface area contributed by atoms with E-state index in [1.165, 1.54) is 17.4 Å². The van der Waals surface area contributed by atoms with Crippen molar-refractivity contribution in [2.75, 3.05) is 6.54 Å². The Labute approximate surface area is 195 Å². The SMILES string of the molecule is CCC(CC)(Cc1ccc(C(=O)C2(c3ccc(C(N)=[NH2+])cc3F)CC2)s1)C(=O)NCC(=O)O. The minimum Gasteiger partial charge on any atom is -0.480 e. The lowest BCUT2D eigenvalue weighted by molar-refractivity contribution is -0.140. The fourth-order valence-electron chi connectivity index (χ4n) is 4.24. The van der Waals surface area contributed by atoms with Crippen LogP contribution in [0.2, 0.25) is 0 Å². The van der Waals surface area contributed by atoms with E-state index in [0.717, 1.165) is 4.88 Å². The normalized spacial score (nSPS) is 14.5. The van der Waals surface area contributed by atoms with Gasteiger partial charge >= 0.3 is 5.97 Å². The average molecular weight is 475 g/mol. The molecule has 0 spiro atoms. The Morgan fingerprint density at radius 2 is 1.88 bits per heavy atom. The molecule has 0 atom stereocenters. The summed E-state index contributed by atoms with van der Waals surface area (Å²) < 4.78 is 14.8. The van der Waals surface area contributed by atoms with Crippen molar-refractivity contribution in [3.05, 3.63) is 57.0 Å². The van der Waals surface area contributed by atoms with Crippen LogP contribution in [0.3, 0.4) is 0 Å². The van der Waals surface area contributed by atoms with Crippen molar-refractivity contribution >= 4 is 34.8 Å². The molecule has 0 bridgehead atoms. The quantitative estimate of drug-likeness (QED) is 0.224. The molecule has 9 heteroatoms. The van der Waals surface area contributed by atoms with E-state index in [2.05, 4.69) is 5.32 Å². The molecule has 0 saturated heterocycles. The standard InChI is InChI=1S/C24H28FN3O4S/c1-3-23(4-2,22(32)28-13-19(29)30)12-15-6-8-18(33-15)20(31)24(9-10-24)16-7-5-14(21(26)27)11-17(16)25/h5-8,11H,3-4,9-10,12-13H2,1-2H3,(H3,26,27)(H,28,32)(H,29,30)/p+1. The van der Waals surface area contributed by atoms with Gasteiger partial charge in [0.2, 0.25) is 5.91 Å². The van der Waals surface area contributed by atoms with Crippen LogP contribution in [0.25, 0.3) is 0 Å². The van der Waals surface area contributed by atoms with Crippen molar-refractivity contribution < 1.29 is 29.3 Å². The third kappa shape index (κ3) is 4.83. The predicted molar refractivity (Wildman–Crippen MR) is 124 cm³/mol. The van der Waals surface area contributed by atoms with Gasteiger partial charge in [-0.3, -0.25) is 25.5 Å². The minimum atomic E-state index is -1.10. The zero-order valence-electron chi connectivity index (χ0n) is 18.7. The number of nitrogens with two attached hydrogens (primary N) is 2. The van der Waals surface area contributed by atoms with Crippen LogP contribution in [0, 0.1) is 11.2 Å². The molecule has 1 fully saturated rings. The lowest BCUT2D eigenvalue weighted by atomic mass is 9.78. The molecular formula is C24H29FN3O4S+. The number of thiophene rings is 1. The fraction of sp³-hybridized carbons (Fsp3) is 0.417. The third-order valence-electron chi connectivity index (χ3n) is 6.64. The van der Waals surface area contributed by atoms with Crippen LogP contribution in [-0.2, 0) is 21.4 Å². The van der Waals surface area contributed by atoms with Gasteiger partial charge in [0.15, 0.2) is 5.78 Å². The van der Waals surface area contributed by atoms with Gasteiger partial charge in [-0.15, -0.1) is 11.3 Å². The number of hydrogen-bond acceptors (Lipinski definition) is 4. The van der Waals surface area contributed by atoms with E-state index in [-0.39, 0.29) is 17.5 Å². The number of carbonyl (C=O) groups is 3. The summed E-state index contributed by atoms with van der Waals surface area (Å²) in [5.41, 5.74) is 4.62. The van der Waals surface area contributed by atoms with Crippen LogP contribution < -0.4 is 16.5 Å². The lowest BCUT2D eigenvalue weighted by Gasteiger charge is -2.29. The number of aliphatic carboxylic acids is 1. The Morgan fingerprint density at radius 3 is 2.39 bits per heavy atom. The number of rotatable bonds is 11. The zero-order chi connectivity index (χ0) is 24.4. The van der Waals surface area contributed by atoms with E-state index in [1.54, 1.807) is 18.2 Å². The summed E-state index contributed by atoms with van der Waals surface area (Å²) in [6.45, 7) is 3.34. The Balaban J connectivity index is 1.82. The monoisotopic (exact) mass is 474 g/mol. The first-order valence-electron chi connectivity index (χ1n) is 10.9. The number of nitrogens with one attached hydrogen (secondary N) is 1. The predicted octanol–water partition coefficient (Wildman–Crippen LogP) is 1.82. The molecule has 0 aliphatic heterocycles. The maximum Gasteiger partial charge on any atom is 0.322 e. The van der Waals surface area contributed by atoms with Crippen LogP contribution >= 0.6 is 11.3 Å². The third-order valence-corrected chi connectivity index (χ3v) is 7.72. The van der Waals surface area contributed by atoms with Crippen molar-refractivity contribution in [2.45, 2.75) is 51.4 Å². The summed E-state index contributed by atoms with van der Waals surface area (Å²) in [7, 11) is 0. The first-order valence-corrected chi connectivity index (χ1v) is 11.7. The fourth-order valence-corrected chi connectivity index (χ4v) is 5.43. The first-order chi connectivity index (χ1) is 15.6. The number of Topliss-reactive ketones (excluding diaryl/α,β-unsaturated/α-hetero) is 1. The summed E-state index contributed by atoms with van der Waals surface area (Å²) >= 11 is 1.30. The van der Waals surface area contributed by atoms with E-state index in [4.69, 9.17) is 16.2 Å². The highest BCUT2D eigenvalue weighted by atomic mass is 32.1. The Hall–Kier alpha value is -3.07. The summed E-state index contributed by atoms with van der Waals surface area (Å²) in [5.74, 6) is -2.04. The van der Waals surface area contributed by atoms with Crippen molar-refractivity contribution in [3.8, 4) is 0 Å². The Morgan fingerprint density at radius 1 is 1.21 bits per heavy atom. The largest absolute Gasteiger partial charge is 0.480 e. The summed E-state index contributed by atoms with van der Waals surface area (Å²) in [6, 6.07) is 8.00. The van der Waals surface area contributed by atoms with Crippen molar-refractivity contribution in [3.63, 3.8) is 0 Å². The van der Waals surface area contributed by atoms with Gasteiger partial charge in [0.25, 0.3) is 5.84 Å². The Kier molecular flexibility index (Phi) is 7.02. The van der Waals surface area contributed by atoms with Gasteiger partial charge in [0.05, 0.1) is 21.3 Å². The number of ketones is 1. The van der Waals surface area contributed by atoms with Crippen molar-refractivity contribution in [1.29, 1.82) is 0 Å².